The molecule has 5 nitrogen and oxygen atoms in total. The molecule has 3 aromatic rings. The quantitative estimate of drug-likeness (QED) is 0.452. The summed E-state index contributed by atoms with van der Waals surface area (Å²) in [5, 5.41) is 8.79. The number of anilines is 2. The second-order valence-electron chi connectivity index (χ2n) is 5.75. The monoisotopic (exact) mass is 404 g/mol. The zero-order valence-corrected chi connectivity index (χ0v) is 15.4. The molecule has 2 N–H and O–H groups in total. The third kappa shape index (κ3) is 4.95. The maximum atomic E-state index is 13.0. The van der Waals surface area contributed by atoms with Crippen LogP contribution in [0.15, 0.2) is 59.0 Å². The molecule has 0 saturated heterocycles. The number of nitrogens with one attached hydrogen (secondary N) is 2. The van der Waals surface area contributed by atoms with E-state index < -0.39 is 11.7 Å². The Kier molecular flexibility index (Phi) is 5.74. The van der Waals surface area contributed by atoms with Crippen LogP contribution in [0.25, 0.3) is 11.3 Å². The van der Waals surface area contributed by atoms with Crippen LogP contribution < -0.4 is 10.7 Å². The van der Waals surface area contributed by atoms with Gasteiger partial charge in [0.15, 0.2) is 0 Å². The summed E-state index contributed by atoms with van der Waals surface area (Å²) in [5.74, 6) is -0.155. The molecule has 1 heterocycles. The molecule has 0 bridgehead atoms. The van der Waals surface area contributed by atoms with Gasteiger partial charge in [-0.1, -0.05) is 30.3 Å². The van der Waals surface area contributed by atoms with Crippen molar-refractivity contribution in [3.8, 4) is 11.3 Å². The Bertz CT molecular complexity index is 997. The highest BCUT2D eigenvalue weighted by atomic mass is 32.1. The molecule has 0 aliphatic carbocycles. The number of carbonyl (C=O) groups excluding carboxylic acids is 1. The van der Waals surface area contributed by atoms with Gasteiger partial charge in [-0.2, -0.15) is 18.3 Å². The minimum absolute atomic E-state index is 0.0344. The lowest BCUT2D eigenvalue weighted by atomic mass is 10.1. The highest BCUT2D eigenvalue weighted by Gasteiger charge is 2.32. The van der Waals surface area contributed by atoms with Crippen LogP contribution >= 0.6 is 11.3 Å². The van der Waals surface area contributed by atoms with E-state index in [1.54, 1.807) is 17.5 Å². The van der Waals surface area contributed by atoms with Gasteiger partial charge in [-0.3, -0.25) is 10.2 Å². The van der Waals surface area contributed by atoms with Gasteiger partial charge in [0.05, 0.1) is 17.5 Å². The fraction of sp³-hybridized carbons (Fsp3) is 0.105. The first-order valence-electron chi connectivity index (χ1n) is 8.12. The van der Waals surface area contributed by atoms with Crippen LogP contribution in [0, 0.1) is 0 Å². The maximum Gasteiger partial charge on any atom is 0.417 e. The van der Waals surface area contributed by atoms with Crippen LogP contribution in [0.1, 0.15) is 18.1 Å². The average Bonchev–Trinajstić information content (AvgIpc) is 3.10. The molecule has 0 aliphatic rings. The molecule has 0 fully saturated rings. The molecule has 0 aliphatic heterocycles. The van der Waals surface area contributed by atoms with Gasteiger partial charge in [0.2, 0.25) is 11.0 Å². The van der Waals surface area contributed by atoms with E-state index in [0.29, 0.717) is 16.5 Å². The van der Waals surface area contributed by atoms with Crippen LogP contribution in [0.3, 0.4) is 0 Å². The van der Waals surface area contributed by atoms with Crippen molar-refractivity contribution in [3.63, 3.8) is 0 Å². The number of nitrogens with zero attached hydrogens (tertiary/aromatic N) is 2. The summed E-state index contributed by atoms with van der Waals surface area (Å²) in [7, 11) is 0. The van der Waals surface area contributed by atoms with E-state index >= 15 is 0 Å². The third-order valence-electron chi connectivity index (χ3n) is 3.64. The number of hydrazone groups is 1. The molecule has 2 aromatic carbocycles. The van der Waals surface area contributed by atoms with Gasteiger partial charge in [0.25, 0.3) is 0 Å². The molecule has 0 radical (unpaired) electrons. The Hall–Kier alpha value is -3.20. The molecule has 3 rings (SSSR count). The summed E-state index contributed by atoms with van der Waals surface area (Å²) >= 11 is 1.28. The fourth-order valence-electron chi connectivity index (χ4n) is 2.41. The zero-order valence-electron chi connectivity index (χ0n) is 14.6. The molecule has 0 saturated carbocycles. The van der Waals surface area contributed by atoms with E-state index in [1.807, 2.05) is 12.1 Å². The predicted molar refractivity (Wildman–Crippen MR) is 105 cm³/mol. The van der Waals surface area contributed by atoms with Crippen molar-refractivity contribution in [1.82, 2.24) is 4.98 Å². The van der Waals surface area contributed by atoms with Crippen LogP contribution in [-0.4, -0.2) is 17.1 Å². The van der Waals surface area contributed by atoms with Crippen LogP contribution in [-0.2, 0) is 11.0 Å². The molecule has 1 aromatic heterocycles. The second-order valence-corrected chi connectivity index (χ2v) is 6.61. The number of thiazole rings is 1. The van der Waals surface area contributed by atoms with Gasteiger partial charge in [-0.05, 0) is 18.2 Å². The number of halogens is 3. The molecule has 0 unspecified atom stereocenters. The van der Waals surface area contributed by atoms with E-state index in [4.69, 9.17) is 0 Å². The van der Waals surface area contributed by atoms with E-state index in [2.05, 4.69) is 20.8 Å². The van der Waals surface area contributed by atoms with Crippen molar-refractivity contribution < 1.29 is 18.0 Å². The van der Waals surface area contributed by atoms with Crippen molar-refractivity contribution >= 4 is 34.3 Å². The summed E-state index contributed by atoms with van der Waals surface area (Å²) in [6.45, 7) is 1.43. The van der Waals surface area contributed by atoms with Crippen molar-refractivity contribution in [2.75, 3.05) is 10.7 Å². The van der Waals surface area contributed by atoms with Gasteiger partial charge in [0, 0.05) is 29.1 Å². The van der Waals surface area contributed by atoms with Crippen molar-refractivity contribution in [2.24, 2.45) is 5.10 Å². The molecule has 0 spiro atoms. The molecule has 144 valence electrons. The third-order valence-corrected chi connectivity index (χ3v) is 4.38. The Morgan fingerprint density at radius 1 is 1.14 bits per heavy atom. The molecular formula is C19H15F3N4OS. The Morgan fingerprint density at radius 3 is 2.54 bits per heavy atom. The number of benzene rings is 2. The largest absolute Gasteiger partial charge is 0.417 e. The van der Waals surface area contributed by atoms with Gasteiger partial charge in [-0.15, -0.1) is 11.3 Å². The van der Waals surface area contributed by atoms with Crippen molar-refractivity contribution in [2.45, 2.75) is 13.1 Å². The number of rotatable bonds is 5. The fourth-order valence-corrected chi connectivity index (χ4v) is 3.08. The van der Waals surface area contributed by atoms with E-state index in [9.17, 15) is 18.0 Å². The number of hydrogen-bond acceptors (Lipinski definition) is 5. The predicted octanol–water partition coefficient (Wildman–Crippen LogP) is 5.23. The highest BCUT2D eigenvalue weighted by Crippen LogP contribution is 2.31. The van der Waals surface area contributed by atoms with E-state index in [0.717, 1.165) is 17.8 Å². The number of amides is 1. The first-order chi connectivity index (χ1) is 13.3. The Morgan fingerprint density at radius 2 is 1.86 bits per heavy atom. The summed E-state index contributed by atoms with van der Waals surface area (Å²) in [6, 6.07) is 12.3. The second kappa shape index (κ2) is 8.22. The van der Waals surface area contributed by atoms with Gasteiger partial charge in [-0.25, -0.2) is 4.98 Å². The summed E-state index contributed by atoms with van der Waals surface area (Å²) < 4.78 is 38.9. The van der Waals surface area contributed by atoms with Gasteiger partial charge in [0.1, 0.15) is 0 Å². The zero-order chi connectivity index (χ0) is 20.1. The van der Waals surface area contributed by atoms with Crippen LogP contribution in [0.2, 0.25) is 0 Å². The van der Waals surface area contributed by atoms with E-state index in [-0.39, 0.29) is 11.5 Å². The smallest absolute Gasteiger partial charge is 0.326 e. The number of hydrogen-bond donors (Lipinski definition) is 2. The first-order valence-corrected chi connectivity index (χ1v) is 9.00. The minimum Gasteiger partial charge on any atom is -0.326 e. The number of alkyl halides is 3. The Balaban J connectivity index is 1.69. The van der Waals surface area contributed by atoms with Crippen LogP contribution in [0.4, 0.5) is 24.0 Å². The van der Waals surface area contributed by atoms with Crippen LogP contribution in [0.5, 0.6) is 0 Å². The molecular weight excluding hydrogens is 389 g/mol. The minimum atomic E-state index is -4.44. The lowest BCUT2D eigenvalue weighted by molar-refractivity contribution is -0.137. The number of carbonyl (C=O) groups is 1. The van der Waals surface area contributed by atoms with Gasteiger partial charge < -0.3 is 5.32 Å². The summed E-state index contributed by atoms with van der Waals surface area (Å²) in [5.41, 5.74) is 4.07. The summed E-state index contributed by atoms with van der Waals surface area (Å²) in [4.78, 5) is 15.4. The lowest BCUT2D eigenvalue weighted by Gasteiger charge is -2.08. The normalized spacial score (nSPS) is 11.6. The van der Waals surface area contributed by atoms with E-state index in [1.165, 1.54) is 36.5 Å². The van der Waals surface area contributed by atoms with Gasteiger partial charge >= 0.3 is 6.18 Å². The molecule has 1 amide bonds. The topological polar surface area (TPSA) is 66.4 Å². The SMILES string of the molecule is CC(=O)Nc1ccc(-c2csc(N/N=C\c3ccccc3C(F)(F)F)n2)cc1. The molecule has 28 heavy (non-hydrogen) atoms. The average molecular weight is 404 g/mol. The molecule has 9 heteroatoms. The molecule has 0 atom stereocenters. The Labute approximate surface area is 162 Å². The standard InChI is InChI=1S/C19H15F3N4OS/c1-12(27)24-15-8-6-13(7-9-15)17-11-28-18(25-17)26-23-10-14-4-2-3-5-16(14)19(20,21)22/h2-11H,1H3,(H,24,27)(H,25,26)/b23-10-. The first kappa shape index (κ1) is 19.6. The van der Waals surface area contributed by atoms with Crippen molar-refractivity contribution in [3.05, 3.63) is 65.0 Å². The highest BCUT2D eigenvalue weighted by molar-refractivity contribution is 7.14. The lowest BCUT2D eigenvalue weighted by Crippen LogP contribution is -2.08. The maximum absolute atomic E-state index is 13.0. The summed E-state index contributed by atoms with van der Waals surface area (Å²) in [6.07, 6.45) is -3.33. The number of aromatic nitrogens is 1. The van der Waals surface area contributed by atoms with Crippen molar-refractivity contribution in [1.29, 1.82) is 0 Å².